The van der Waals surface area contributed by atoms with Crippen LogP contribution in [0.15, 0.2) is 24.3 Å². The zero-order valence-corrected chi connectivity index (χ0v) is 7.21. The van der Waals surface area contributed by atoms with Crippen LogP contribution in [0, 0.1) is 0 Å². The molecule has 0 bridgehead atoms. The quantitative estimate of drug-likeness (QED) is 0.707. The van der Waals surface area contributed by atoms with Crippen molar-refractivity contribution in [1.82, 2.24) is 5.32 Å². The van der Waals surface area contributed by atoms with Crippen molar-refractivity contribution in [2.45, 2.75) is 12.5 Å². The van der Waals surface area contributed by atoms with E-state index in [2.05, 4.69) is 17.4 Å². The molecule has 1 aliphatic rings. The predicted octanol–water partition coefficient (Wildman–Crippen LogP) is 1.21. The first kappa shape index (κ1) is 7.62. The van der Waals surface area contributed by atoms with Crippen LogP contribution < -0.4 is 10.1 Å². The zero-order valence-electron chi connectivity index (χ0n) is 7.21. The maximum atomic E-state index is 5.68. The van der Waals surface area contributed by atoms with Gasteiger partial charge in [-0.05, 0) is 18.7 Å². The van der Waals surface area contributed by atoms with Gasteiger partial charge in [-0.3, -0.25) is 0 Å². The number of ether oxygens (including phenoxy) is 1. The van der Waals surface area contributed by atoms with Crippen LogP contribution in [0.1, 0.15) is 5.56 Å². The number of hydrogen-bond acceptors (Lipinski definition) is 2. The second kappa shape index (κ2) is 3.15. The van der Waals surface area contributed by atoms with Gasteiger partial charge in [0.15, 0.2) is 0 Å². The lowest BCUT2D eigenvalue weighted by molar-refractivity contribution is 0.231. The van der Waals surface area contributed by atoms with Crippen molar-refractivity contribution in [2.75, 3.05) is 13.6 Å². The molecule has 2 rings (SSSR count). The minimum absolute atomic E-state index is 0.326. The van der Waals surface area contributed by atoms with Crippen LogP contribution in [0.3, 0.4) is 0 Å². The molecule has 2 nitrogen and oxygen atoms in total. The number of rotatable bonds is 2. The van der Waals surface area contributed by atoms with Crippen LogP contribution in [0.5, 0.6) is 5.75 Å². The lowest BCUT2D eigenvalue weighted by Gasteiger charge is -2.08. The molecule has 0 aliphatic carbocycles. The Kier molecular flexibility index (Phi) is 2.00. The van der Waals surface area contributed by atoms with Gasteiger partial charge in [-0.15, -0.1) is 0 Å². The summed E-state index contributed by atoms with van der Waals surface area (Å²) in [6, 6.07) is 8.24. The van der Waals surface area contributed by atoms with E-state index in [0.29, 0.717) is 6.10 Å². The van der Waals surface area contributed by atoms with E-state index in [9.17, 15) is 0 Å². The summed E-state index contributed by atoms with van der Waals surface area (Å²) in [5.41, 5.74) is 1.33. The normalized spacial score (nSPS) is 20.2. The Balaban J connectivity index is 2.11. The predicted molar refractivity (Wildman–Crippen MR) is 48.5 cm³/mol. The molecule has 1 heterocycles. The first-order valence-electron chi connectivity index (χ1n) is 4.29. The molecule has 0 aromatic heterocycles. The number of nitrogens with one attached hydrogen (secondary N) is 1. The molecule has 0 saturated carbocycles. The highest BCUT2D eigenvalue weighted by Gasteiger charge is 2.20. The van der Waals surface area contributed by atoms with Crippen LogP contribution in [0.2, 0.25) is 0 Å². The van der Waals surface area contributed by atoms with Gasteiger partial charge in [-0.2, -0.15) is 0 Å². The average Bonchev–Trinajstić information content (AvgIpc) is 2.47. The molecular weight excluding hydrogens is 150 g/mol. The molecule has 1 aromatic rings. The molecule has 2 heteroatoms. The molecule has 1 aliphatic heterocycles. The first-order valence-corrected chi connectivity index (χ1v) is 4.29. The summed E-state index contributed by atoms with van der Waals surface area (Å²) in [7, 11) is 1.95. The first-order chi connectivity index (χ1) is 5.90. The van der Waals surface area contributed by atoms with Gasteiger partial charge in [0.2, 0.25) is 0 Å². The zero-order chi connectivity index (χ0) is 8.39. The molecule has 0 spiro atoms. The van der Waals surface area contributed by atoms with Crippen molar-refractivity contribution in [1.29, 1.82) is 0 Å². The Morgan fingerprint density at radius 2 is 2.33 bits per heavy atom. The molecular formula is C10H13NO. The maximum absolute atomic E-state index is 5.68. The molecule has 0 unspecified atom stereocenters. The lowest BCUT2D eigenvalue weighted by atomic mass is 10.1. The fourth-order valence-corrected chi connectivity index (χ4v) is 1.60. The molecule has 12 heavy (non-hydrogen) atoms. The third-order valence-corrected chi connectivity index (χ3v) is 2.15. The van der Waals surface area contributed by atoms with Gasteiger partial charge < -0.3 is 10.1 Å². The van der Waals surface area contributed by atoms with Gasteiger partial charge in [0.05, 0.1) is 0 Å². The minimum Gasteiger partial charge on any atom is -0.488 e. The third kappa shape index (κ3) is 1.30. The average molecular weight is 163 g/mol. The number of fused-ring (bicyclic) bond motifs is 1. The highest BCUT2D eigenvalue weighted by molar-refractivity contribution is 5.37. The Bertz CT molecular complexity index is 247. The van der Waals surface area contributed by atoms with Gasteiger partial charge >= 0.3 is 0 Å². The van der Waals surface area contributed by atoms with E-state index in [-0.39, 0.29) is 0 Å². The SMILES string of the molecule is CNC[C@H]1Cc2ccccc2O1. The fourth-order valence-electron chi connectivity index (χ4n) is 1.60. The number of likely N-dealkylation sites (N-methyl/N-ethyl adjacent to an activating group) is 1. The molecule has 0 saturated heterocycles. The van der Waals surface area contributed by atoms with Crippen molar-refractivity contribution in [2.24, 2.45) is 0 Å². The second-order valence-electron chi connectivity index (χ2n) is 3.11. The van der Waals surface area contributed by atoms with E-state index in [1.54, 1.807) is 0 Å². The summed E-state index contributed by atoms with van der Waals surface area (Å²) in [6.07, 6.45) is 1.36. The summed E-state index contributed by atoms with van der Waals surface area (Å²) < 4.78 is 5.68. The fraction of sp³-hybridized carbons (Fsp3) is 0.400. The third-order valence-electron chi connectivity index (χ3n) is 2.15. The molecule has 1 atom stereocenters. The monoisotopic (exact) mass is 163 g/mol. The Hall–Kier alpha value is -1.02. The molecule has 0 amide bonds. The number of para-hydroxylation sites is 1. The largest absolute Gasteiger partial charge is 0.488 e. The van der Waals surface area contributed by atoms with Crippen LogP contribution in [-0.2, 0) is 6.42 Å². The van der Waals surface area contributed by atoms with Crippen molar-refractivity contribution < 1.29 is 4.74 Å². The van der Waals surface area contributed by atoms with E-state index in [4.69, 9.17) is 4.74 Å². The molecule has 1 N–H and O–H groups in total. The van der Waals surface area contributed by atoms with Crippen molar-refractivity contribution in [3.8, 4) is 5.75 Å². The maximum Gasteiger partial charge on any atom is 0.123 e. The van der Waals surface area contributed by atoms with Gasteiger partial charge in [0, 0.05) is 13.0 Å². The van der Waals surface area contributed by atoms with Crippen molar-refractivity contribution in [3.63, 3.8) is 0 Å². The van der Waals surface area contributed by atoms with Crippen LogP contribution in [0.4, 0.5) is 0 Å². The van der Waals surface area contributed by atoms with Gasteiger partial charge in [-0.1, -0.05) is 18.2 Å². The standard InChI is InChI=1S/C10H13NO/c1-11-7-9-6-8-4-2-3-5-10(8)12-9/h2-5,9,11H,6-7H2,1H3/t9-/m1/s1. The van der Waals surface area contributed by atoms with E-state index in [1.807, 2.05) is 19.2 Å². The Morgan fingerprint density at radius 1 is 1.50 bits per heavy atom. The van der Waals surface area contributed by atoms with Crippen LogP contribution in [0.25, 0.3) is 0 Å². The highest BCUT2D eigenvalue weighted by Crippen LogP contribution is 2.27. The highest BCUT2D eigenvalue weighted by atomic mass is 16.5. The van der Waals surface area contributed by atoms with E-state index in [0.717, 1.165) is 18.7 Å². The Morgan fingerprint density at radius 3 is 3.08 bits per heavy atom. The summed E-state index contributed by atoms with van der Waals surface area (Å²) in [6.45, 7) is 0.925. The molecule has 1 aromatic carbocycles. The summed E-state index contributed by atoms with van der Waals surface area (Å²) in [4.78, 5) is 0. The smallest absolute Gasteiger partial charge is 0.123 e. The van der Waals surface area contributed by atoms with Crippen molar-refractivity contribution in [3.05, 3.63) is 29.8 Å². The van der Waals surface area contributed by atoms with Gasteiger partial charge in [-0.25, -0.2) is 0 Å². The lowest BCUT2D eigenvalue weighted by Crippen LogP contribution is -2.27. The van der Waals surface area contributed by atoms with Gasteiger partial charge in [0.25, 0.3) is 0 Å². The summed E-state index contributed by atoms with van der Waals surface area (Å²) >= 11 is 0. The van der Waals surface area contributed by atoms with E-state index >= 15 is 0 Å². The number of hydrogen-bond donors (Lipinski definition) is 1. The summed E-state index contributed by atoms with van der Waals surface area (Å²) in [5, 5.41) is 3.12. The molecule has 0 fully saturated rings. The van der Waals surface area contributed by atoms with Crippen LogP contribution >= 0.6 is 0 Å². The van der Waals surface area contributed by atoms with E-state index in [1.165, 1.54) is 5.56 Å². The number of benzene rings is 1. The Labute approximate surface area is 72.5 Å². The molecule has 0 radical (unpaired) electrons. The summed E-state index contributed by atoms with van der Waals surface area (Å²) in [5.74, 6) is 1.05. The topological polar surface area (TPSA) is 21.3 Å². The minimum atomic E-state index is 0.326. The molecule has 64 valence electrons. The van der Waals surface area contributed by atoms with Gasteiger partial charge in [0.1, 0.15) is 11.9 Å². The second-order valence-corrected chi connectivity index (χ2v) is 3.11. The van der Waals surface area contributed by atoms with Crippen LogP contribution in [-0.4, -0.2) is 19.7 Å². The van der Waals surface area contributed by atoms with Crippen molar-refractivity contribution >= 4 is 0 Å². The van der Waals surface area contributed by atoms with E-state index < -0.39 is 0 Å².